The van der Waals surface area contributed by atoms with Crippen molar-refractivity contribution in [3.05, 3.63) is 30.0 Å². The Hall–Kier alpha value is -1.97. The smallest absolute Gasteiger partial charge is 0.267 e. The molecule has 0 aliphatic rings. The number of nitrogens with one attached hydrogen (secondary N) is 1. The minimum absolute atomic E-state index is 0.0184. The maximum Gasteiger partial charge on any atom is 0.267 e. The van der Waals surface area contributed by atoms with Gasteiger partial charge in [-0.3, -0.25) is 4.79 Å². The number of fused-ring (bicyclic) bond motifs is 1. The van der Waals surface area contributed by atoms with Crippen LogP contribution in [-0.4, -0.2) is 23.6 Å². The van der Waals surface area contributed by atoms with Crippen LogP contribution in [0.15, 0.2) is 24.3 Å². The number of hydrogen-bond donors (Lipinski definition) is 1. The molecule has 4 heteroatoms. The normalized spacial score (nSPS) is 10.8. The Balaban J connectivity index is 2.25. The Labute approximate surface area is 119 Å². The number of ether oxygens (including phenoxy) is 1. The Morgan fingerprint density at radius 1 is 1.30 bits per heavy atom. The highest BCUT2D eigenvalue weighted by atomic mass is 16.5. The monoisotopic (exact) mass is 274 g/mol. The first-order chi connectivity index (χ1) is 9.67. The molecule has 0 unspecified atom stereocenters. The van der Waals surface area contributed by atoms with E-state index < -0.39 is 0 Å². The molecule has 0 aliphatic carbocycles. The summed E-state index contributed by atoms with van der Waals surface area (Å²) in [6, 6.07) is 7.81. The molecule has 20 heavy (non-hydrogen) atoms. The van der Waals surface area contributed by atoms with Gasteiger partial charge in [0, 0.05) is 24.5 Å². The third-order valence-corrected chi connectivity index (χ3v) is 3.37. The lowest BCUT2D eigenvalue weighted by atomic mass is 10.2. The zero-order valence-corrected chi connectivity index (χ0v) is 12.4. The predicted octanol–water partition coefficient (Wildman–Crippen LogP) is 3.11. The lowest BCUT2D eigenvalue weighted by Crippen LogP contribution is -2.26. The van der Waals surface area contributed by atoms with E-state index in [0.717, 1.165) is 36.0 Å². The van der Waals surface area contributed by atoms with Crippen LogP contribution in [-0.2, 0) is 7.05 Å². The highest BCUT2D eigenvalue weighted by Gasteiger charge is 2.13. The van der Waals surface area contributed by atoms with Crippen molar-refractivity contribution in [1.82, 2.24) is 9.88 Å². The molecule has 108 valence electrons. The molecule has 0 saturated carbocycles. The first-order valence-corrected chi connectivity index (χ1v) is 7.17. The molecule has 0 bridgehead atoms. The summed E-state index contributed by atoms with van der Waals surface area (Å²) in [5.74, 6) is 0.818. The maximum absolute atomic E-state index is 12.2. The van der Waals surface area contributed by atoms with Gasteiger partial charge in [0.1, 0.15) is 11.4 Å². The number of benzene rings is 1. The molecule has 0 spiro atoms. The standard InChI is InChI=1S/C16H22N2O2/c1-4-6-9-17-16(19)15-11-12-10-13(20-5-2)7-8-14(12)18(15)3/h7-8,10-11H,4-6,9H2,1-3H3,(H,17,19). The fourth-order valence-electron chi connectivity index (χ4n) is 2.27. The first kappa shape index (κ1) is 14.4. The Kier molecular flexibility index (Phi) is 4.66. The van der Waals surface area contributed by atoms with Crippen LogP contribution in [0, 0.1) is 0 Å². The van der Waals surface area contributed by atoms with Gasteiger partial charge in [0.05, 0.1) is 6.61 Å². The lowest BCUT2D eigenvalue weighted by molar-refractivity contribution is 0.0945. The number of amides is 1. The van der Waals surface area contributed by atoms with Crippen molar-refractivity contribution >= 4 is 16.8 Å². The molecule has 2 aromatic rings. The molecule has 0 saturated heterocycles. The van der Waals surface area contributed by atoms with Crippen molar-refractivity contribution in [1.29, 1.82) is 0 Å². The highest BCUT2D eigenvalue weighted by molar-refractivity contribution is 5.99. The van der Waals surface area contributed by atoms with Gasteiger partial charge in [-0.05, 0) is 37.6 Å². The van der Waals surface area contributed by atoms with Gasteiger partial charge in [0.2, 0.25) is 0 Å². The van der Waals surface area contributed by atoms with E-state index in [9.17, 15) is 4.79 Å². The van der Waals surface area contributed by atoms with Crippen LogP contribution in [0.1, 0.15) is 37.2 Å². The summed E-state index contributed by atoms with van der Waals surface area (Å²) in [6.45, 7) is 5.43. The van der Waals surface area contributed by atoms with Gasteiger partial charge < -0.3 is 14.6 Å². The molecule has 1 aromatic carbocycles. The molecular weight excluding hydrogens is 252 g/mol. The van der Waals surface area contributed by atoms with Gasteiger partial charge >= 0.3 is 0 Å². The van der Waals surface area contributed by atoms with Gasteiger partial charge in [-0.25, -0.2) is 0 Å². The van der Waals surface area contributed by atoms with E-state index in [2.05, 4.69) is 12.2 Å². The lowest BCUT2D eigenvalue weighted by Gasteiger charge is -2.06. The number of nitrogens with zero attached hydrogens (tertiary/aromatic N) is 1. The second kappa shape index (κ2) is 6.46. The number of aromatic nitrogens is 1. The fourth-order valence-corrected chi connectivity index (χ4v) is 2.27. The summed E-state index contributed by atoms with van der Waals surface area (Å²) in [5.41, 5.74) is 1.72. The Bertz CT molecular complexity index is 602. The van der Waals surface area contributed by atoms with Gasteiger partial charge in [-0.1, -0.05) is 13.3 Å². The minimum atomic E-state index is -0.0184. The van der Waals surface area contributed by atoms with E-state index in [1.165, 1.54) is 0 Å². The average Bonchev–Trinajstić information content (AvgIpc) is 2.76. The average molecular weight is 274 g/mol. The van der Waals surface area contributed by atoms with E-state index >= 15 is 0 Å². The molecular formula is C16H22N2O2. The fraction of sp³-hybridized carbons (Fsp3) is 0.438. The van der Waals surface area contributed by atoms with Crippen molar-refractivity contribution < 1.29 is 9.53 Å². The maximum atomic E-state index is 12.2. The van der Waals surface area contributed by atoms with Crippen LogP contribution in [0.25, 0.3) is 10.9 Å². The summed E-state index contributed by atoms with van der Waals surface area (Å²) in [7, 11) is 1.91. The van der Waals surface area contributed by atoms with E-state index in [-0.39, 0.29) is 5.91 Å². The summed E-state index contributed by atoms with van der Waals surface area (Å²) in [5, 5.41) is 3.98. The molecule has 0 aliphatic heterocycles. The zero-order chi connectivity index (χ0) is 14.5. The van der Waals surface area contributed by atoms with Crippen LogP contribution in [0.3, 0.4) is 0 Å². The van der Waals surface area contributed by atoms with E-state index in [0.29, 0.717) is 12.3 Å². The molecule has 1 N–H and O–H groups in total. The Morgan fingerprint density at radius 2 is 2.10 bits per heavy atom. The van der Waals surface area contributed by atoms with Crippen molar-refractivity contribution in [3.8, 4) is 5.75 Å². The van der Waals surface area contributed by atoms with Crippen LogP contribution in [0.4, 0.5) is 0 Å². The van der Waals surface area contributed by atoms with Gasteiger partial charge in [-0.15, -0.1) is 0 Å². The van der Waals surface area contributed by atoms with Crippen molar-refractivity contribution in [2.24, 2.45) is 7.05 Å². The van der Waals surface area contributed by atoms with Gasteiger partial charge in [0.15, 0.2) is 0 Å². The van der Waals surface area contributed by atoms with Crippen LogP contribution < -0.4 is 10.1 Å². The van der Waals surface area contributed by atoms with Crippen molar-refractivity contribution in [2.75, 3.05) is 13.2 Å². The second-order valence-electron chi connectivity index (χ2n) is 4.85. The predicted molar refractivity (Wildman–Crippen MR) is 81.3 cm³/mol. The summed E-state index contributed by atoms with van der Waals surface area (Å²) < 4.78 is 7.42. The van der Waals surface area contributed by atoms with Crippen LogP contribution in [0.5, 0.6) is 5.75 Å². The van der Waals surface area contributed by atoms with E-state index in [4.69, 9.17) is 4.74 Å². The molecule has 0 atom stereocenters. The SMILES string of the molecule is CCCCNC(=O)c1cc2cc(OCC)ccc2n1C. The number of aryl methyl sites for hydroxylation is 1. The molecule has 1 aromatic heterocycles. The largest absolute Gasteiger partial charge is 0.494 e. The third kappa shape index (κ3) is 2.95. The number of hydrogen-bond acceptors (Lipinski definition) is 2. The third-order valence-electron chi connectivity index (χ3n) is 3.37. The molecule has 0 fully saturated rings. The van der Waals surface area contributed by atoms with Gasteiger partial charge in [0.25, 0.3) is 5.91 Å². The highest BCUT2D eigenvalue weighted by Crippen LogP contribution is 2.24. The number of carbonyl (C=O) groups excluding carboxylic acids is 1. The summed E-state index contributed by atoms with van der Waals surface area (Å²) in [4.78, 5) is 12.2. The van der Waals surface area contributed by atoms with E-state index in [1.54, 1.807) is 0 Å². The van der Waals surface area contributed by atoms with E-state index in [1.807, 2.05) is 42.8 Å². The minimum Gasteiger partial charge on any atom is -0.494 e. The van der Waals surface area contributed by atoms with Crippen LogP contribution >= 0.6 is 0 Å². The van der Waals surface area contributed by atoms with Crippen molar-refractivity contribution in [3.63, 3.8) is 0 Å². The summed E-state index contributed by atoms with van der Waals surface area (Å²) >= 11 is 0. The second-order valence-corrected chi connectivity index (χ2v) is 4.85. The molecule has 0 radical (unpaired) electrons. The molecule has 1 heterocycles. The topological polar surface area (TPSA) is 43.3 Å². The number of rotatable bonds is 6. The quantitative estimate of drug-likeness (QED) is 0.822. The van der Waals surface area contributed by atoms with Crippen LogP contribution in [0.2, 0.25) is 0 Å². The summed E-state index contributed by atoms with van der Waals surface area (Å²) in [6.07, 6.45) is 2.08. The zero-order valence-electron chi connectivity index (χ0n) is 12.4. The molecule has 4 nitrogen and oxygen atoms in total. The number of carbonyl (C=O) groups is 1. The number of unbranched alkanes of at least 4 members (excludes halogenated alkanes) is 1. The van der Waals surface area contributed by atoms with Crippen molar-refractivity contribution in [2.45, 2.75) is 26.7 Å². The molecule has 2 rings (SSSR count). The van der Waals surface area contributed by atoms with Gasteiger partial charge in [-0.2, -0.15) is 0 Å². The molecule has 1 amide bonds. The Morgan fingerprint density at radius 3 is 2.80 bits per heavy atom. The first-order valence-electron chi connectivity index (χ1n) is 7.17.